The molecule has 0 saturated heterocycles. The van der Waals surface area contributed by atoms with E-state index in [4.69, 9.17) is 17.3 Å². The van der Waals surface area contributed by atoms with Crippen molar-refractivity contribution in [1.82, 2.24) is 0 Å². The van der Waals surface area contributed by atoms with Crippen molar-refractivity contribution in [3.63, 3.8) is 0 Å². The average Bonchev–Trinajstić information content (AvgIpc) is 2.79. The number of halogens is 2. The summed E-state index contributed by atoms with van der Waals surface area (Å²) < 4.78 is 1.15. The molecule has 5 heteroatoms. The average molecular weight is 394 g/mol. The minimum absolute atomic E-state index is 0.177. The van der Waals surface area contributed by atoms with E-state index in [1.165, 1.54) is 0 Å². The predicted molar refractivity (Wildman–Crippen MR) is 85.2 cm³/mol. The smallest absolute Gasteiger partial charge is 0.0879 e. The lowest BCUT2D eigenvalue weighted by Crippen LogP contribution is -2.20. The van der Waals surface area contributed by atoms with Crippen LogP contribution in [0.3, 0.4) is 0 Å². The maximum atomic E-state index is 10.4. The lowest BCUT2D eigenvalue weighted by molar-refractivity contribution is 0.148. The first-order valence-corrected chi connectivity index (χ1v) is 7.83. The van der Waals surface area contributed by atoms with Crippen LogP contribution >= 0.6 is 45.5 Å². The van der Waals surface area contributed by atoms with Gasteiger partial charge in [0.2, 0.25) is 0 Å². The van der Waals surface area contributed by atoms with E-state index in [-0.39, 0.29) is 5.92 Å². The van der Waals surface area contributed by atoms with E-state index in [1.54, 1.807) is 11.3 Å². The minimum Gasteiger partial charge on any atom is -0.388 e. The number of hydrogen-bond acceptors (Lipinski definition) is 3. The first kappa shape index (κ1) is 14.3. The largest absolute Gasteiger partial charge is 0.388 e. The number of benzene rings is 1. The van der Waals surface area contributed by atoms with E-state index in [2.05, 4.69) is 22.6 Å². The molecule has 0 amide bonds. The fourth-order valence-electron chi connectivity index (χ4n) is 1.91. The molecule has 96 valence electrons. The topological polar surface area (TPSA) is 46.2 Å². The van der Waals surface area contributed by atoms with E-state index < -0.39 is 6.10 Å². The highest BCUT2D eigenvalue weighted by Gasteiger charge is 2.24. The highest BCUT2D eigenvalue weighted by Crippen LogP contribution is 2.35. The lowest BCUT2D eigenvalue weighted by atomic mass is 9.90. The Hall–Kier alpha value is -0.140. The van der Waals surface area contributed by atoms with Crippen LogP contribution in [0.2, 0.25) is 5.02 Å². The van der Waals surface area contributed by atoms with Crippen LogP contribution in [0.4, 0.5) is 0 Å². The Morgan fingerprint density at radius 1 is 1.39 bits per heavy atom. The van der Waals surface area contributed by atoms with Crippen LogP contribution in [0.15, 0.2) is 35.7 Å². The van der Waals surface area contributed by atoms with Crippen molar-refractivity contribution in [2.24, 2.45) is 5.73 Å². The summed E-state index contributed by atoms with van der Waals surface area (Å²) in [6.45, 7) is 0.358. The molecule has 2 rings (SSSR count). The van der Waals surface area contributed by atoms with E-state index in [1.807, 2.05) is 35.7 Å². The zero-order chi connectivity index (χ0) is 13.1. The third-order valence-corrected chi connectivity index (χ3v) is 5.02. The first-order chi connectivity index (χ1) is 8.63. The molecular weight excluding hydrogens is 381 g/mol. The summed E-state index contributed by atoms with van der Waals surface area (Å²) in [7, 11) is 0. The predicted octanol–water partition coefficient (Wildman–Crippen LogP) is 3.78. The van der Waals surface area contributed by atoms with E-state index in [0.29, 0.717) is 11.6 Å². The van der Waals surface area contributed by atoms with Gasteiger partial charge in [0.05, 0.1) is 8.99 Å². The van der Waals surface area contributed by atoms with E-state index in [9.17, 15) is 5.11 Å². The number of aliphatic hydroxyl groups excluding tert-OH is 1. The zero-order valence-corrected chi connectivity index (χ0v) is 13.2. The van der Waals surface area contributed by atoms with Crippen molar-refractivity contribution >= 4 is 45.5 Å². The van der Waals surface area contributed by atoms with Gasteiger partial charge in [-0.2, -0.15) is 0 Å². The quantitative estimate of drug-likeness (QED) is 0.777. The molecule has 1 aromatic carbocycles. The van der Waals surface area contributed by atoms with Gasteiger partial charge in [-0.25, -0.2) is 0 Å². The van der Waals surface area contributed by atoms with E-state index in [0.717, 1.165) is 14.0 Å². The first-order valence-electron chi connectivity index (χ1n) is 5.50. The van der Waals surface area contributed by atoms with Crippen LogP contribution in [0.5, 0.6) is 0 Å². The van der Waals surface area contributed by atoms with Crippen molar-refractivity contribution < 1.29 is 5.11 Å². The summed E-state index contributed by atoms with van der Waals surface area (Å²) in [5.41, 5.74) is 7.60. The van der Waals surface area contributed by atoms with Crippen LogP contribution in [0.25, 0.3) is 0 Å². The second-order valence-corrected chi connectivity index (χ2v) is 7.21. The Labute approximate surface area is 129 Å². The van der Waals surface area contributed by atoms with Gasteiger partial charge in [-0.1, -0.05) is 29.8 Å². The standard InChI is InChI=1S/C13H13ClINOS/c14-11-4-2-1-3-9(11)10(6-16)13(17)8-5-12(15)18-7-8/h1-5,7,10,13,17H,6,16H2. The molecule has 0 bridgehead atoms. The summed E-state index contributed by atoms with van der Waals surface area (Å²) in [5.74, 6) is -0.177. The van der Waals surface area contributed by atoms with Crippen LogP contribution in [0.1, 0.15) is 23.1 Å². The van der Waals surface area contributed by atoms with Gasteiger partial charge in [0.25, 0.3) is 0 Å². The molecule has 0 fully saturated rings. The van der Waals surface area contributed by atoms with Crippen molar-refractivity contribution in [3.8, 4) is 0 Å². The van der Waals surface area contributed by atoms with Gasteiger partial charge < -0.3 is 10.8 Å². The van der Waals surface area contributed by atoms with Crippen LogP contribution in [0, 0.1) is 2.88 Å². The second-order valence-electron chi connectivity index (χ2n) is 3.99. The van der Waals surface area contributed by atoms with Gasteiger partial charge in [-0.15, -0.1) is 11.3 Å². The fraction of sp³-hybridized carbons (Fsp3) is 0.231. The summed E-state index contributed by atoms with van der Waals surface area (Å²) in [5, 5.41) is 13.1. The Morgan fingerprint density at radius 2 is 2.11 bits per heavy atom. The molecule has 18 heavy (non-hydrogen) atoms. The van der Waals surface area contributed by atoms with Crippen molar-refractivity contribution in [3.05, 3.63) is 54.7 Å². The molecular formula is C13H13ClINOS. The van der Waals surface area contributed by atoms with Crippen molar-refractivity contribution in [2.75, 3.05) is 6.54 Å². The number of nitrogens with two attached hydrogens (primary N) is 1. The molecule has 0 saturated carbocycles. The van der Waals surface area contributed by atoms with Crippen molar-refractivity contribution in [1.29, 1.82) is 0 Å². The number of aliphatic hydroxyl groups is 1. The van der Waals surface area contributed by atoms with Crippen molar-refractivity contribution in [2.45, 2.75) is 12.0 Å². The van der Waals surface area contributed by atoms with Gasteiger partial charge >= 0.3 is 0 Å². The Morgan fingerprint density at radius 3 is 2.67 bits per heavy atom. The maximum absolute atomic E-state index is 10.4. The fourth-order valence-corrected chi connectivity index (χ4v) is 3.59. The lowest BCUT2D eigenvalue weighted by Gasteiger charge is -2.22. The monoisotopic (exact) mass is 393 g/mol. The Bertz CT molecular complexity index is 531. The molecule has 0 aliphatic carbocycles. The van der Waals surface area contributed by atoms with Gasteiger partial charge in [0.1, 0.15) is 0 Å². The SMILES string of the molecule is NCC(c1ccccc1Cl)C(O)c1csc(I)c1. The molecule has 0 aliphatic rings. The summed E-state index contributed by atoms with van der Waals surface area (Å²) in [6, 6.07) is 9.51. The third kappa shape index (κ3) is 3.05. The van der Waals surface area contributed by atoms with Gasteiger partial charge in [0.15, 0.2) is 0 Å². The number of hydrogen-bond donors (Lipinski definition) is 2. The van der Waals surface area contributed by atoms with E-state index >= 15 is 0 Å². The Balaban J connectivity index is 2.32. The molecule has 0 aliphatic heterocycles. The molecule has 2 aromatic rings. The van der Waals surface area contributed by atoms with Gasteiger partial charge in [0, 0.05) is 17.5 Å². The number of rotatable bonds is 4. The van der Waals surface area contributed by atoms with Crippen LogP contribution in [-0.2, 0) is 0 Å². The van der Waals surface area contributed by atoms with Gasteiger partial charge in [-0.3, -0.25) is 0 Å². The Kier molecular flexibility index (Phi) is 5.03. The molecule has 0 spiro atoms. The molecule has 0 radical (unpaired) electrons. The minimum atomic E-state index is -0.616. The molecule has 2 nitrogen and oxygen atoms in total. The summed E-state index contributed by atoms with van der Waals surface area (Å²) in [4.78, 5) is 0. The summed E-state index contributed by atoms with van der Waals surface area (Å²) in [6.07, 6.45) is -0.616. The molecule has 2 atom stereocenters. The highest BCUT2D eigenvalue weighted by molar-refractivity contribution is 14.1. The third-order valence-electron chi connectivity index (χ3n) is 2.87. The zero-order valence-electron chi connectivity index (χ0n) is 9.51. The summed E-state index contributed by atoms with van der Waals surface area (Å²) >= 11 is 10.0. The molecule has 1 heterocycles. The second kappa shape index (κ2) is 6.34. The van der Waals surface area contributed by atoms with Crippen LogP contribution in [-0.4, -0.2) is 11.7 Å². The highest BCUT2D eigenvalue weighted by atomic mass is 127. The molecule has 3 N–H and O–H groups in total. The van der Waals surface area contributed by atoms with Crippen LogP contribution < -0.4 is 5.73 Å². The maximum Gasteiger partial charge on any atom is 0.0879 e. The molecule has 1 aromatic heterocycles. The van der Waals surface area contributed by atoms with Gasteiger partial charge in [-0.05, 0) is 51.2 Å². The number of thiophene rings is 1. The molecule has 2 unspecified atom stereocenters. The normalized spacial score (nSPS) is 14.4.